The normalized spacial score (nSPS) is 48.9. The SMILES string of the molecule is CC(=C(F)F)[C@H]1CC[C@H]2[C@@H]3CC=C4CC(O)CC[C@]4(C)[C@H]3CC[C@]12C. The smallest absolute Gasteiger partial charge is 0.269 e. The van der Waals surface area contributed by atoms with Crippen LogP contribution in [0.5, 0.6) is 0 Å². The van der Waals surface area contributed by atoms with Gasteiger partial charge in [0.15, 0.2) is 0 Å². The van der Waals surface area contributed by atoms with Crippen molar-refractivity contribution in [1.29, 1.82) is 0 Å². The van der Waals surface area contributed by atoms with Gasteiger partial charge in [0.05, 0.1) is 6.10 Å². The number of aliphatic hydroxyl groups excluding tert-OH is 1. The van der Waals surface area contributed by atoms with E-state index in [0.717, 1.165) is 44.9 Å². The lowest BCUT2D eigenvalue weighted by Gasteiger charge is -2.58. The van der Waals surface area contributed by atoms with E-state index in [4.69, 9.17) is 0 Å². The zero-order valence-electron chi connectivity index (χ0n) is 15.8. The van der Waals surface area contributed by atoms with Gasteiger partial charge < -0.3 is 5.11 Å². The molecule has 0 saturated heterocycles. The van der Waals surface area contributed by atoms with Crippen LogP contribution in [0.25, 0.3) is 0 Å². The minimum atomic E-state index is -1.45. The molecule has 0 aromatic rings. The van der Waals surface area contributed by atoms with E-state index >= 15 is 0 Å². The average Bonchev–Trinajstić information content (AvgIpc) is 2.92. The first-order valence-corrected chi connectivity index (χ1v) is 10.2. The van der Waals surface area contributed by atoms with Gasteiger partial charge in [-0.05, 0) is 98.4 Å². The molecular formula is C22H32F2O. The van der Waals surface area contributed by atoms with Crippen molar-refractivity contribution >= 4 is 0 Å². The van der Waals surface area contributed by atoms with Crippen LogP contribution in [0.3, 0.4) is 0 Å². The van der Waals surface area contributed by atoms with E-state index in [1.165, 1.54) is 12.0 Å². The van der Waals surface area contributed by atoms with Crippen molar-refractivity contribution < 1.29 is 13.9 Å². The molecule has 1 nitrogen and oxygen atoms in total. The lowest BCUT2D eigenvalue weighted by molar-refractivity contribution is -0.0458. The van der Waals surface area contributed by atoms with Gasteiger partial charge in [-0.2, -0.15) is 8.78 Å². The van der Waals surface area contributed by atoms with Crippen molar-refractivity contribution in [3.8, 4) is 0 Å². The third-order valence-electron chi connectivity index (χ3n) is 8.90. The fourth-order valence-electron chi connectivity index (χ4n) is 7.48. The van der Waals surface area contributed by atoms with Crippen LogP contribution in [0, 0.1) is 34.5 Å². The van der Waals surface area contributed by atoms with Crippen molar-refractivity contribution in [3.63, 3.8) is 0 Å². The first-order chi connectivity index (χ1) is 11.8. The summed E-state index contributed by atoms with van der Waals surface area (Å²) in [4.78, 5) is 0. The number of fused-ring (bicyclic) bond motifs is 5. The molecule has 0 amide bonds. The molecule has 7 atom stereocenters. The highest BCUT2D eigenvalue weighted by atomic mass is 19.3. The summed E-state index contributed by atoms with van der Waals surface area (Å²) in [6.45, 7) is 6.37. The Balaban J connectivity index is 1.65. The second kappa shape index (κ2) is 5.90. The molecule has 4 aliphatic carbocycles. The molecule has 0 radical (unpaired) electrons. The van der Waals surface area contributed by atoms with Gasteiger partial charge >= 0.3 is 0 Å². The van der Waals surface area contributed by atoms with E-state index in [2.05, 4.69) is 19.9 Å². The number of allylic oxidation sites excluding steroid dienone is 2. The Morgan fingerprint density at radius 1 is 1.08 bits per heavy atom. The van der Waals surface area contributed by atoms with Gasteiger partial charge in [0.1, 0.15) is 0 Å². The largest absolute Gasteiger partial charge is 0.393 e. The van der Waals surface area contributed by atoms with Crippen LogP contribution in [0.15, 0.2) is 23.3 Å². The Morgan fingerprint density at radius 2 is 1.84 bits per heavy atom. The molecule has 0 heterocycles. The second-order valence-electron chi connectivity index (χ2n) is 9.77. The van der Waals surface area contributed by atoms with Crippen LogP contribution in [-0.4, -0.2) is 11.2 Å². The van der Waals surface area contributed by atoms with Crippen LogP contribution in [-0.2, 0) is 0 Å². The monoisotopic (exact) mass is 350 g/mol. The standard InChI is InChI=1S/C22H32F2O/c1-13(20(23)24)17-6-7-18-16-5-4-14-12-15(25)8-10-21(14,2)19(16)9-11-22(17,18)3/h4,15-19,25H,5-12H2,1-3H3/t15?,16-,17+,18-,19-,21-,22+/m0/s1. The van der Waals surface area contributed by atoms with Crippen molar-refractivity contribution in [2.24, 2.45) is 34.5 Å². The molecule has 1 unspecified atom stereocenters. The quantitative estimate of drug-likeness (QED) is 0.567. The van der Waals surface area contributed by atoms with Crippen molar-refractivity contribution in [3.05, 3.63) is 23.3 Å². The molecule has 4 aliphatic rings. The third-order valence-corrected chi connectivity index (χ3v) is 8.90. The van der Waals surface area contributed by atoms with Crippen LogP contribution in [0.1, 0.15) is 72.1 Å². The Morgan fingerprint density at radius 3 is 2.56 bits per heavy atom. The Kier molecular flexibility index (Phi) is 4.18. The van der Waals surface area contributed by atoms with Gasteiger partial charge in [-0.1, -0.05) is 25.5 Å². The molecule has 1 N–H and O–H groups in total. The summed E-state index contributed by atoms with van der Waals surface area (Å²) in [6.07, 6.45) is 9.03. The summed E-state index contributed by atoms with van der Waals surface area (Å²) in [7, 11) is 0. The average molecular weight is 350 g/mol. The fraction of sp³-hybridized carbons (Fsp3) is 0.818. The summed E-state index contributed by atoms with van der Waals surface area (Å²) < 4.78 is 26.6. The zero-order valence-corrected chi connectivity index (χ0v) is 15.8. The van der Waals surface area contributed by atoms with Gasteiger partial charge in [0.2, 0.25) is 0 Å². The summed E-state index contributed by atoms with van der Waals surface area (Å²) in [6, 6.07) is 0. The van der Waals surface area contributed by atoms with Crippen molar-refractivity contribution in [2.75, 3.05) is 0 Å². The first kappa shape index (κ1) is 17.7. The van der Waals surface area contributed by atoms with E-state index in [9.17, 15) is 13.9 Å². The molecule has 3 saturated carbocycles. The summed E-state index contributed by atoms with van der Waals surface area (Å²) in [5.41, 5.74) is 2.11. The summed E-state index contributed by atoms with van der Waals surface area (Å²) in [5, 5.41) is 10.1. The van der Waals surface area contributed by atoms with Gasteiger partial charge in [-0.15, -0.1) is 0 Å². The van der Waals surface area contributed by atoms with Crippen LogP contribution < -0.4 is 0 Å². The Labute approximate surface area is 150 Å². The maximum Gasteiger partial charge on any atom is 0.269 e. The van der Waals surface area contributed by atoms with Crippen molar-refractivity contribution in [2.45, 2.75) is 78.2 Å². The maximum absolute atomic E-state index is 13.3. The van der Waals surface area contributed by atoms with E-state index < -0.39 is 6.08 Å². The molecule has 0 aromatic carbocycles. The molecule has 0 aliphatic heterocycles. The highest BCUT2D eigenvalue weighted by molar-refractivity contribution is 5.26. The molecule has 0 aromatic heterocycles. The van der Waals surface area contributed by atoms with Crippen LogP contribution >= 0.6 is 0 Å². The highest BCUT2D eigenvalue weighted by Crippen LogP contribution is 2.67. The van der Waals surface area contributed by atoms with Crippen molar-refractivity contribution in [1.82, 2.24) is 0 Å². The van der Waals surface area contributed by atoms with Gasteiger partial charge in [0, 0.05) is 0 Å². The molecular weight excluding hydrogens is 318 g/mol. The second-order valence-corrected chi connectivity index (χ2v) is 9.77. The van der Waals surface area contributed by atoms with Crippen LogP contribution in [0.4, 0.5) is 8.78 Å². The first-order valence-electron chi connectivity index (χ1n) is 10.2. The predicted octanol–water partition coefficient (Wildman–Crippen LogP) is 6.10. The third kappa shape index (κ3) is 2.48. The topological polar surface area (TPSA) is 20.2 Å². The lowest BCUT2D eigenvalue weighted by Crippen LogP contribution is -2.50. The molecule has 3 heteroatoms. The van der Waals surface area contributed by atoms with Gasteiger partial charge in [-0.3, -0.25) is 0 Å². The minimum Gasteiger partial charge on any atom is -0.393 e. The lowest BCUT2D eigenvalue weighted by atomic mass is 9.47. The molecule has 4 rings (SSSR count). The molecule has 0 bridgehead atoms. The highest BCUT2D eigenvalue weighted by Gasteiger charge is 2.58. The van der Waals surface area contributed by atoms with E-state index in [-0.39, 0.29) is 22.9 Å². The number of hydrogen-bond donors (Lipinski definition) is 1. The molecule has 140 valence electrons. The predicted molar refractivity (Wildman–Crippen MR) is 96.1 cm³/mol. The molecule has 25 heavy (non-hydrogen) atoms. The fourth-order valence-corrected chi connectivity index (χ4v) is 7.48. The van der Waals surface area contributed by atoms with E-state index in [1.807, 2.05) is 0 Å². The molecule has 3 fully saturated rings. The van der Waals surface area contributed by atoms with Crippen LogP contribution in [0.2, 0.25) is 0 Å². The Hall–Kier alpha value is -0.700. The number of halogens is 2. The Bertz CT molecular complexity index is 620. The van der Waals surface area contributed by atoms with Gasteiger partial charge in [-0.25, -0.2) is 0 Å². The number of aliphatic hydroxyl groups is 1. The summed E-state index contributed by atoms with van der Waals surface area (Å²) >= 11 is 0. The van der Waals surface area contributed by atoms with E-state index in [1.54, 1.807) is 6.92 Å². The zero-order chi connectivity index (χ0) is 18.0. The van der Waals surface area contributed by atoms with E-state index in [0.29, 0.717) is 23.3 Å². The number of hydrogen-bond acceptors (Lipinski definition) is 1. The summed E-state index contributed by atoms with van der Waals surface area (Å²) in [5.74, 6) is 1.96. The minimum absolute atomic E-state index is 0.0462. The van der Waals surface area contributed by atoms with Gasteiger partial charge in [0.25, 0.3) is 6.08 Å². The maximum atomic E-state index is 13.3. The molecule has 0 spiro atoms. The number of rotatable bonds is 1.